The van der Waals surface area contributed by atoms with E-state index in [4.69, 9.17) is 10.5 Å². The molecule has 2 N–H and O–H groups in total. The normalized spacial score (nSPS) is 20.4. The maximum Gasteiger partial charge on any atom is 0.0470 e. The summed E-state index contributed by atoms with van der Waals surface area (Å²) in [5.74, 6) is 3.12. The molecule has 0 saturated heterocycles. The molecule has 2 nitrogen and oxygen atoms in total. The fraction of sp³-hybridized carbons (Fsp3) is 1.00. The first-order chi connectivity index (χ1) is 7.34. The molecule has 0 bridgehead atoms. The number of hydrogen-bond donors (Lipinski definition) is 1. The first-order valence-electron chi connectivity index (χ1n) is 6.17. The van der Waals surface area contributed by atoms with E-state index in [1.165, 1.54) is 37.9 Å². The van der Waals surface area contributed by atoms with Gasteiger partial charge in [-0.2, -0.15) is 11.8 Å². The van der Waals surface area contributed by atoms with Gasteiger partial charge in [-0.3, -0.25) is 0 Å². The molecule has 0 amide bonds. The molecule has 0 spiro atoms. The van der Waals surface area contributed by atoms with Gasteiger partial charge in [-0.15, -0.1) is 0 Å². The summed E-state index contributed by atoms with van der Waals surface area (Å²) in [5.41, 5.74) is 6.21. The van der Waals surface area contributed by atoms with E-state index in [-0.39, 0.29) is 0 Å². The van der Waals surface area contributed by atoms with Crippen molar-refractivity contribution in [3.63, 3.8) is 0 Å². The average molecular weight is 231 g/mol. The summed E-state index contributed by atoms with van der Waals surface area (Å²) in [6.45, 7) is 0.881. The quantitative estimate of drug-likeness (QED) is 0.684. The molecular weight excluding hydrogens is 206 g/mol. The highest BCUT2D eigenvalue weighted by Gasteiger charge is 2.19. The molecule has 1 rings (SSSR count). The van der Waals surface area contributed by atoms with Gasteiger partial charge in [-0.1, -0.05) is 19.3 Å². The number of hydrogen-bond acceptors (Lipinski definition) is 3. The summed E-state index contributed by atoms with van der Waals surface area (Å²) in [4.78, 5) is 0. The summed E-state index contributed by atoms with van der Waals surface area (Å²) in [7, 11) is 1.76. The number of nitrogens with two attached hydrogens (primary N) is 1. The van der Waals surface area contributed by atoms with Gasteiger partial charge in [0.2, 0.25) is 0 Å². The van der Waals surface area contributed by atoms with Crippen LogP contribution in [0.2, 0.25) is 0 Å². The van der Waals surface area contributed by atoms with Crippen molar-refractivity contribution in [2.24, 2.45) is 11.7 Å². The van der Waals surface area contributed by atoms with Crippen LogP contribution in [0.5, 0.6) is 0 Å². The Morgan fingerprint density at radius 3 is 2.73 bits per heavy atom. The van der Waals surface area contributed by atoms with Crippen LogP contribution in [0.3, 0.4) is 0 Å². The minimum atomic E-state index is 0.429. The van der Waals surface area contributed by atoms with E-state index in [0.717, 1.165) is 24.7 Å². The zero-order chi connectivity index (χ0) is 10.9. The molecule has 0 radical (unpaired) electrons. The standard InChI is InChI=1S/C12H25NOS/c1-14-8-5-9-15-10-12(13)11-6-3-2-4-7-11/h11-12H,2-10,13H2,1H3. The minimum Gasteiger partial charge on any atom is -0.385 e. The van der Waals surface area contributed by atoms with Gasteiger partial charge in [0.1, 0.15) is 0 Å². The van der Waals surface area contributed by atoms with E-state index in [1.54, 1.807) is 7.11 Å². The molecule has 1 unspecified atom stereocenters. The fourth-order valence-corrected chi connectivity index (χ4v) is 3.26. The molecule has 1 aliphatic carbocycles. The van der Waals surface area contributed by atoms with Gasteiger partial charge < -0.3 is 10.5 Å². The second-order valence-corrected chi connectivity index (χ2v) is 5.63. The molecule has 3 heteroatoms. The van der Waals surface area contributed by atoms with E-state index in [0.29, 0.717) is 6.04 Å². The van der Waals surface area contributed by atoms with Crippen molar-refractivity contribution in [1.29, 1.82) is 0 Å². The fourth-order valence-electron chi connectivity index (χ4n) is 2.22. The molecule has 1 saturated carbocycles. The number of methoxy groups -OCH3 is 1. The highest BCUT2D eigenvalue weighted by molar-refractivity contribution is 7.99. The Morgan fingerprint density at radius 2 is 2.07 bits per heavy atom. The molecule has 1 fully saturated rings. The van der Waals surface area contributed by atoms with E-state index in [9.17, 15) is 0 Å². The third-order valence-corrected chi connectivity index (χ3v) is 4.40. The average Bonchev–Trinajstić information content (AvgIpc) is 2.30. The van der Waals surface area contributed by atoms with Crippen LogP contribution in [0, 0.1) is 5.92 Å². The number of thioether (sulfide) groups is 1. The van der Waals surface area contributed by atoms with E-state index in [2.05, 4.69) is 0 Å². The second-order valence-electron chi connectivity index (χ2n) is 4.48. The largest absolute Gasteiger partial charge is 0.385 e. The first-order valence-corrected chi connectivity index (χ1v) is 7.32. The van der Waals surface area contributed by atoms with E-state index < -0.39 is 0 Å². The van der Waals surface area contributed by atoms with Crippen LogP contribution in [-0.2, 0) is 4.74 Å². The maximum absolute atomic E-state index is 6.21. The Hall–Kier alpha value is 0.270. The van der Waals surface area contributed by atoms with Gasteiger partial charge in [0, 0.05) is 25.5 Å². The van der Waals surface area contributed by atoms with E-state index >= 15 is 0 Å². The molecule has 0 aromatic carbocycles. The lowest BCUT2D eigenvalue weighted by Crippen LogP contribution is -2.33. The lowest BCUT2D eigenvalue weighted by molar-refractivity contribution is 0.200. The lowest BCUT2D eigenvalue weighted by atomic mass is 9.85. The Labute approximate surface area is 98.3 Å². The topological polar surface area (TPSA) is 35.2 Å². The Kier molecular flexibility index (Phi) is 7.49. The minimum absolute atomic E-state index is 0.429. The SMILES string of the molecule is COCCCSCC(N)C1CCCCC1. The molecule has 1 aliphatic rings. The predicted octanol–water partition coefficient (Wildman–Crippen LogP) is 2.66. The van der Waals surface area contributed by atoms with Crippen molar-refractivity contribution in [3.05, 3.63) is 0 Å². The summed E-state index contributed by atoms with van der Waals surface area (Å²) >= 11 is 1.99. The summed E-state index contributed by atoms with van der Waals surface area (Å²) in [6, 6.07) is 0.429. The van der Waals surface area contributed by atoms with Crippen molar-refractivity contribution in [3.8, 4) is 0 Å². The highest BCUT2D eigenvalue weighted by Crippen LogP contribution is 2.26. The molecule has 1 atom stereocenters. The van der Waals surface area contributed by atoms with Crippen LogP contribution < -0.4 is 5.73 Å². The van der Waals surface area contributed by atoms with Crippen molar-refractivity contribution in [1.82, 2.24) is 0 Å². The molecule has 0 aromatic heterocycles. The summed E-state index contributed by atoms with van der Waals surface area (Å²) in [5, 5.41) is 0. The third-order valence-electron chi connectivity index (χ3n) is 3.20. The van der Waals surface area contributed by atoms with Gasteiger partial charge >= 0.3 is 0 Å². The van der Waals surface area contributed by atoms with Gasteiger partial charge in [-0.25, -0.2) is 0 Å². The van der Waals surface area contributed by atoms with Crippen LogP contribution in [-0.4, -0.2) is 31.3 Å². The third kappa shape index (κ3) is 5.79. The van der Waals surface area contributed by atoms with Gasteiger partial charge in [0.05, 0.1) is 0 Å². The molecular formula is C12H25NOS. The molecule has 15 heavy (non-hydrogen) atoms. The van der Waals surface area contributed by atoms with Gasteiger partial charge in [0.25, 0.3) is 0 Å². The first kappa shape index (κ1) is 13.3. The van der Waals surface area contributed by atoms with Crippen molar-refractivity contribution in [2.45, 2.75) is 44.6 Å². The zero-order valence-corrected chi connectivity index (χ0v) is 10.7. The van der Waals surface area contributed by atoms with E-state index in [1.807, 2.05) is 11.8 Å². The summed E-state index contributed by atoms with van der Waals surface area (Å²) in [6.07, 6.45) is 8.09. The summed E-state index contributed by atoms with van der Waals surface area (Å²) < 4.78 is 5.02. The molecule has 90 valence electrons. The highest BCUT2D eigenvalue weighted by atomic mass is 32.2. The van der Waals surface area contributed by atoms with Crippen LogP contribution in [0.15, 0.2) is 0 Å². The predicted molar refractivity (Wildman–Crippen MR) is 68.4 cm³/mol. The van der Waals surface area contributed by atoms with Crippen LogP contribution in [0.1, 0.15) is 38.5 Å². The Balaban J connectivity index is 1.99. The Bertz CT molecular complexity index is 149. The van der Waals surface area contributed by atoms with Crippen LogP contribution in [0.4, 0.5) is 0 Å². The van der Waals surface area contributed by atoms with Crippen molar-refractivity contribution in [2.75, 3.05) is 25.2 Å². The second kappa shape index (κ2) is 8.43. The number of rotatable bonds is 7. The molecule has 0 heterocycles. The molecule has 0 aromatic rings. The Morgan fingerprint density at radius 1 is 1.33 bits per heavy atom. The van der Waals surface area contributed by atoms with Crippen molar-refractivity contribution >= 4 is 11.8 Å². The van der Waals surface area contributed by atoms with Crippen LogP contribution in [0.25, 0.3) is 0 Å². The maximum atomic E-state index is 6.21. The van der Waals surface area contributed by atoms with Crippen LogP contribution >= 0.6 is 11.8 Å². The monoisotopic (exact) mass is 231 g/mol. The lowest BCUT2D eigenvalue weighted by Gasteiger charge is -2.27. The van der Waals surface area contributed by atoms with Crippen molar-refractivity contribution < 1.29 is 4.74 Å². The number of ether oxygens (including phenoxy) is 1. The smallest absolute Gasteiger partial charge is 0.0470 e. The zero-order valence-electron chi connectivity index (χ0n) is 9.91. The van der Waals surface area contributed by atoms with Gasteiger partial charge in [-0.05, 0) is 30.9 Å². The van der Waals surface area contributed by atoms with Gasteiger partial charge in [0.15, 0.2) is 0 Å². The molecule has 0 aliphatic heterocycles.